The fraction of sp³-hybridized carbons (Fsp3) is 0.375. The zero-order valence-electron chi connectivity index (χ0n) is 29.9. The average Bonchev–Trinajstić information content (AvgIpc) is 3.16. The Morgan fingerprint density at radius 1 is 0.529 bits per heavy atom. The molecule has 51 heavy (non-hydrogen) atoms. The quantitative estimate of drug-likeness (QED) is 0.113. The molecule has 274 valence electrons. The van der Waals surface area contributed by atoms with E-state index < -0.39 is 39.4 Å². The van der Waals surface area contributed by atoms with Gasteiger partial charge in [-0.15, -0.1) is 0 Å². The maximum Gasteiger partial charge on any atom is 0.153 e. The number of benzene rings is 4. The van der Waals surface area contributed by atoms with Crippen LogP contribution in [0.25, 0.3) is 0 Å². The molecule has 0 bridgehead atoms. The van der Waals surface area contributed by atoms with Crippen molar-refractivity contribution in [3.63, 3.8) is 0 Å². The second kappa shape index (κ2) is 18.4. The van der Waals surface area contributed by atoms with Crippen LogP contribution in [-0.4, -0.2) is 81.2 Å². The van der Waals surface area contributed by atoms with E-state index in [0.717, 1.165) is 45.3 Å². The highest BCUT2D eigenvalue weighted by Crippen LogP contribution is 2.33. The summed E-state index contributed by atoms with van der Waals surface area (Å²) in [5, 5.41) is 0. The molecule has 1 aliphatic rings. The van der Waals surface area contributed by atoms with Crippen molar-refractivity contribution in [2.45, 2.75) is 56.3 Å². The van der Waals surface area contributed by atoms with Crippen molar-refractivity contribution in [2.24, 2.45) is 0 Å². The fourth-order valence-corrected chi connectivity index (χ4v) is 6.92. The molecule has 0 aliphatic carbocycles. The lowest BCUT2D eigenvalue weighted by Gasteiger charge is -2.46. The van der Waals surface area contributed by atoms with E-state index in [0.29, 0.717) is 6.61 Å². The zero-order chi connectivity index (χ0) is 36.2. The summed E-state index contributed by atoms with van der Waals surface area (Å²) in [4.78, 5) is 0. The van der Waals surface area contributed by atoms with Crippen LogP contribution in [0.15, 0.2) is 97.1 Å². The van der Waals surface area contributed by atoms with Crippen molar-refractivity contribution in [3.05, 3.63) is 119 Å². The molecule has 0 N–H and O–H groups in total. The van der Waals surface area contributed by atoms with Crippen molar-refractivity contribution < 1.29 is 46.8 Å². The first-order chi connectivity index (χ1) is 24.7. The molecule has 6 unspecified atom stereocenters. The van der Waals surface area contributed by atoms with Crippen LogP contribution in [0.4, 0.5) is 0 Å². The molecule has 4 aromatic carbocycles. The molecule has 1 saturated heterocycles. The lowest BCUT2D eigenvalue weighted by atomic mass is 9.98. The Hall–Kier alpha value is -4.10. The molecule has 6 atom stereocenters. The van der Waals surface area contributed by atoms with Gasteiger partial charge in [0.15, 0.2) is 5.44 Å². The molecule has 0 amide bonds. The Labute approximate surface area is 301 Å². The first-order valence-corrected chi connectivity index (χ1v) is 18.8. The van der Waals surface area contributed by atoms with Crippen molar-refractivity contribution in [1.29, 1.82) is 0 Å². The van der Waals surface area contributed by atoms with Gasteiger partial charge in [0, 0.05) is 6.26 Å². The topological polar surface area (TPSA) is 100 Å². The van der Waals surface area contributed by atoms with Gasteiger partial charge in [-0.1, -0.05) is 48.5 Å². The van der Waals surface area contributed by atoms with Gasteiger partial charge in [0.25, 0.3) is 0 Å². The number of ether oxygens (including phenoxy) is 9. The fourth-order valence-electron chi connectivity index (χ4n) is 5.74. The Morgan fingerprint density at radius 2 is 0.863 bits per heavy atom. The maximum absolute atomic E-state index is 13.9. The molecule has 10 nitrogen and oxygen atoms in total. The molecule has 4 aromatic rings. The predicted octanol–water partition coefficient (Wildman–Crippen LogP) is 6.06. The van der Waals surface area contributed by atoms with E-state index in [2.05, 4.69) is 5.87 Å². The normalized spacial score (nSPS) is 21.4. The van der Waals surface area contributed by atoms with E-state index in [4.69, 9.17) is 42.6 Å². The lowest BCUT2D eigenvalue weighted by molar-refractivity contribution is -0.255. The monoisotopic (exact) mass is 720 g/mol. The van der Waals surface area contributed by atoms with Gasteiger partial charge >= 0.3 is 0 Å². The highest BCUT2D eigenvalue weighted by molar-refractivity contribution is 8.00. The zero-order valence-corrected chi connectivity index (χ0v) is 30.7. The molecule has 5 rings (SSSR count). The summed E-state index contributed by atoms with van der Waals surface area (Å²) in [6, 6.07) is 30.5. The minimum absolute atomic E-state index is 0.138. The van der Waals surface area contributed by atoms with Crippen LogP contribution in [-0.2, 0) is 59.6 Å². The van der Waals surface area contributed by atoms with E-state index >= 15 is 0 Å². The minimum Gasteiger partial charge on any atom is -0.497 e. The largest absolute Gasteiger partial charge is 0.497 e. The van der Waals surface area contributed by atoms with E-state index in [1.165, 1.54) is 0 Å². The lowest BCUT2D eigenvalue weighted by Crippen LogP contribution is -2.62. The number of rotatable bonds is 18. The molecule has 11 heteroatoms. The second-order valence-electron chi connectivity index (χ2n) is 12.3. The second-order valence-corrected chi connectivity index (χ2v) is 15.0. The van der Waals surface area contributed by atoms with Crippen LogP contribution in [0.1, 0.15) is 22.3 Å². The summed E-state index contributed by atoms with van der Waals surface area (Å²) in [6.45, 7) is 1.14. The summed E-state index contributed by atoms with van der Waals surface area (Å²) in [7, 11) is 3.67. The predicted molar refractivity (Wildman–Crippen MR) is 197 cm³/mol. The summed E-state index contributed by atoms with van der Waals surface area (Å²) in [6.07, 6.45) is -1.30. The molecule has 0 radical (unpaired) electrons. The van der Waals surface area contributed by atoms with E-state index in [1.54, 1.807) is 34.7 Å². The van der Waals surface area contributed by atoms with E-state index in [1.807, 2.05) is 97.1 Å². The summed E-state index contributed by atoms with van der Waals surface area (Å²) in [5.74, 6) is 7.01. The molecular weight excluding hydrogens is 672 g/mol. The number of methoxy groups -OCH3 is 4. The molecule has 0 saturated carbocycles. The molecular formula is C40H48O10S. The van der Waals surface area contributed by atoms with Gasteiger partial charge < -0.3 is 42.6 Å². The van der Waals surface area contributed by atoms with Crippen LogP contribution >= 0.6 is 0 Å². The van der Waals surface area contributed by atoms with Gasteiger partial charge in [0.05, 0.1) is 61.5 Å². The van der Waals surface area contributed by atoms with Gasteiger partial charge in [0.2, 0.25) is 0 Å². The SMILES string of the molecule is C=S(C)(=O)C1OC(COCc2ccc(OC)cc2)C(OCc2ccc(OC)cc2)C(OCc2ccc(OC)cc2)C1OCc1ccc(OC)cc1. The van der Waals surface area contributed by atoms with Gasteiger partial charge in [-0.05, 0) is 86.2 Å². The molecule has 1 heterocycles. The standard InChI is InChI=1S/C40H48O10S/c1-42-32-15-7-28(8-16-32)23-46-27-36-37(47-24-29-9-17-33(43-2)18-10-29)38(48-25-30-11-19-34(44-3)20-12-30)39(40(50-36)51(5,6)41)49-26-31-13-21-35(45-4)22-14-31/h7-22,36-40H,5,23-27H2,1-4,6H3. The molecule has 1 aliphatic heterocycles. The summed E-state index contributed by atoms with van der Waals surface area (Å²) < 4.78 is 68.1. The smallest absolute Gasteiger partial charge is 0.153 e. The Kier molecular flexibility index (Phi) is 13.8. The van der Waals surface area contributed by atoms with Crippen LogP contribution in [0, 0.1) is 0 Å². The third-order valence-corrected chi connectivity index (χ3v) is 9.96. The van der Waals surface area contributed by atoms with E-state index in [-0.39, 0.29) is 26.4 Å². The van der Waals surface area contributed by atoms with Crippen molar-refractivity contribution in [3.8, 4) is 23.0 Å². The molecule has 0 spiro atoms. The van der Waals surface area contributed by atoms with Crippen molar-refractivity contribution >= 4 is 15.4 Å². The first-order valence-electron chi connectivity index (χ1n) is 16.6. The van der Waals surface area contributed by atoms with Crippen LogP contribution < -0.4 is 18.9 Å². The third-order valence-electron chi connectivity index (χ3n) is 8.60. The Morgan fingerprint density at radius 3 is 1.22 bits per heavy atom. The van der Waals surface area contributed by atoms with Crippen molar-refractivity contribution in [1.82, 2.24) is 0 Å². The number of hydrogen-bond donors (Lipinski definition) is 0. The van der Waals surface area contributed by atoms with Gasteiger partial charge in [-0.25, -0.2) is 0 Å². The van der Waals surface area contributed by atoms with Gasteiger partial charge in [0.1, 0.15) is 47.4 Å². The first kappa shape index (κ1) is 38.1. The minimum atomic E-state index is -2.83. The van der Waals surface area contributed by atoms with Gasteiger partial charge in [-0.3, -0.25) is 4.21 Å². The van der Waals surface area contributed by atoms with Crippen LogP contribution in [0.3, 0.4) is 0 Å². The van der Waals surface area contributed by atoms with Gasteiger partial charge in [-0.2, -0.15) is 0 Å². The number of hydrogen-bond acceptors (Lipinski definition) is 10. The van der Waals surface area contributed by atoms with E-state index in [9.17, 15) is 4.21 Å². The molecule has 0 aromatic heterocycles. The van der Waals surface area contributed by atoms with Crippen molar-refractivity contribution in [2.75, 3.05) is 41.3 Å². The summed E-state index contributed by atoms with van der Waals surface area (Å²) >= 11 is 0. The van der Waals surface area contributed by atoms with Crippen LogP contribution in [0.2, 0.25) is 0 Å². The average molecular weight is 721 g/mol. The Balaban J connectivity index is 1.45. The Bertz CT molecular complexity index is 1730. The summed E-state index contributed by atoms with van der Waals surface area (Å²) in [5.41, 5.74) is 2.78. The maximum atomic E-state index is 13.9. The highest BCUT2D eigenvalue weighted by Gasteiger charge is 2.50. The highest BCUT2D eigenvalue weighted by atomic mass is 32.2. The van der Waals surface area contributed by atoms with Crippen LogP contribution in [0.5, 0.6) is 23.0 Å². The molecule has 1 fully saturated rings. The third kappa shape index (κ3) is 10.7.